The Labute approximate surface area is 116 Å². The van der Waals surface area contributed by atoms with Crippen LogP contribution >= 0.6 is 11.6 Å². The van der Waals surface area contributed by atoms with E-state index in [1.807, 2.05) is 0 Å². The van der Waals surface area contributed by atoms with Gasteiger partial charge in [-0.1, -0.05) is 11.6 Å². The molecule has 0 aromatic heterocycles. The van der Waals surface area contributed by atoms with Crippen LogP contribution in [0.1, 0.15) is 16.8 Å². The Kier molecular flexibility index (Phi) is 4.27. The zero-order chi connectivity index (χ0) is 13.8. The molecular weight excluding hydrogens is 268 g/mol. The summed E-state index contributed by atoms with van der Waals surface area (Å²) in [4.78, 5) is 26.2. The molecule has 1 aromatic rings. The molecule has 1 aliphatic rings. The van der Waals surface area contributed by atoms with E-state index in [0.29, 0.717) is 43.2 Å². The Morgan fingerprint density at radius 1 is 1.00 bits per heavy atom. The summed E-state index contributed by atoms with van der Waals surface area (Å²) in [5, 5.41) is 9.53. The molecule has 102 valence electrons. The van der Waals surface area contributed by atoms with E-state index in [9.17, 15) is 9.59 Å². The highest BCUT2D eigenvalue weighted by atomic mass is 35.5. The second-order valence-electron chi connectivity index (χ2n) is 4.42. The van der Waals surface area contributed by atoms with Crippen LogP contribution in [-0.2, 0) is 0 Å². The van der Waals surface area contributed by atoms with Gasteiger partial charge in [0, 0.05) is 36.8 Å². The first-order valence-corrected chi connectivity index (χ1v) is 6.48. The molecule has 1 heterocycles. The van der Waals surface area contributed by atoms with Crippen LogP contribution in [0.4, 0.5) is 4.79 Å². The minimum Gasteiger partial charge on any atom is -0.465 e. The van der Waals surface area contributed by atoms with Crippen LogP contribution in [-0.4, -0.2) is 53.1 Å². The summed E-state index contributed by atoms with van der Waals surface area (Å²) in [6, 6.07) is 6.72. The zero-order valence-corrected chi connectivity index (χ0v) is 11.1. The highest BCUT2D eigenvalue weighted by Crippen LogP contribution is 2.13. The monoisotopic (exact) mass is 282 g/mol. The van der Waals surface area contributed by atoms with Crippen molar-refractivity contribution in [2.24, 2.45) is 0 Å². The second kappa shape index (κ2) is 5.93. The van der Waals surface area contributed by atoms with Crippen molar-refractivity contribution in [2.75, 3.05) is 26.2 Å². The number of amides is 2. The summed E-state index contributed by atoms with van der Waals surface area (Å²) in [5.41, 5.74) is 0.577. The number of rotatable bonds is 1. The minimum absolute atomic E-state index is 0.0797. The summed E-state index contributed by atoms with van der Waals surface area (Å²) < 4.78 is 0. The summed E-state index contributed by atoms with van der Waals surface area (Å²) in [5.74, 6) is -0.0797. The van der Waals surface area contributed by atoms with E-state index in [1.54, 1.807) is 29.2 Å². The number of carbonyl (C=O) groups is 2. The lowest BCUT2D eigenvalue weighted by Crippen LogP contribution is -2.36. The predicted octanol–water partition coefficient (Wildman–Crippen LogP) is 2.17. The van der Waals surface area contributed by atoms with Gasteiger partial charge in [-0.25, -0.2) is 4.79 Å². The Morgan fingerprint density at radius 3 is 2.21 bits per heavy atom. The van der Waals surface area contributed by atoms with Gasteiger partial charge in [0.05, 0.1) is 0 Å². The molecule has 0 unspecified atom stereocenters. The summed E-state index contributed by atoms with van der Waals surface area (Å²) >= 11 is 5.79. The molecule has 2 rings (SSSR count). The SMILES string of the molecule is O=C(O)N1CCCN(C(=O)c2ccc(Cl)cc2)CC1. The Morgan fingerprint density at radius 2 is 1.58 bits per heavy atom. The van der Waals surface area contributed by atoms with Gasteiger partial charge >= 0.3 is 6.09 Å². The lowest BCUT2D eigenvalue weighted by molar-refractivity contribution is 0.0759. The standard InChI is InChI=1S/C13H15ClN2O3/c14-11-4-2-10(3-5-11)12(17)15-6-1-7-16(9-8-15)13(18)19/h2-5H,1,6-9H2,(H,18,19). The van der Waals surface area contributed by atoms with E-state index >= 15 is 0 Å². The maximum Gasteiger partial charge on any atom is 0.407 e. The molecule has 0 radical (unpaired) electrons. The molecule has 2 amide bonds. The average Bonchev–Trinajstić information content (AvgIpc) is 2.64. The third kappa shape index (κ3) is 3.38. The van der Waals surface area contributed by atoms with Gasteiger partial charge in [0.15, 0.2) is 0 Å². The molecule has 0 bridgehead atoms. The maximum absolute atomic E-state index is 12.3. The molecule has 5 nitrogen and oxygen atoms in total. The number of carboxylic acid groups (broad SMARTS) is 1. The number of carbonyl (C=O) groups excluding carboxylic acids is 1. The molecule has 1 N–H and O–H groups in total. The van der Waals surface area contributed by atoms with Crippen molar-refractivity contribution >= 4 is 23.6 Å². The van der Waals surface area contributed by atoms with Gasteiger partial charge in [-0.2, -0.15) is 0 Å². The molecule has 0 saturated carbocycles. The van der Waals surface area contributed by atoms with Crippen molar-refractivity contribution in [2.45, 2.75) is 6.42 Å². The fourth-order valence-electron chi connectivity index (χ4n) is 2.09. The van der Waals surface area contributed by atoms with Crippen molar-refractivity contribution in [1.82, 2.24) is 9.80 Å². The van der Waals surface area contributed by atoms with Gasteiger partial charge in [-0.05, 0) is 30.7 Å². The van der Waals surface area contributed by atoms with Gasteiger partial charge in [0.1, 0.15) is 0 Å². The molecule has 19 heavy (non-hydrogen) atoms. The van der Waals surface area contributed by atoms with E-state index in [4.69, 9.17) is 16.7 Å². The lowest BCUT2D eigenvalue weighted by Gasteiger charge is -2.20. The third-order valence-corrected chi connectivity index (χ3v) is 3.40. The Balaban J connectivity index is 2.03. The maximum atomic E-state index is 12.3. The fraction of sp³-hybridized carbons (Fsp3) is 0.385. The lowest BCUT2D eigenvalue weighted by atomic mass is 10.2. The first-order chi connectivity index (χ1) is 9.08. The normalized spacial score (nSPS) is 16.1. The molecule has 0 spiro atoms. The van der Waals surface area contributed by atoms with E-state index in [-0.39, 0.29) is 5.91 Å². The molecule has 1 saturated heterocycles. The molecule has 0 aliphatic carbocycles. The van der Waals surface area contributed by atoms with E-state index < -0.39 is 6.09 Å². The number of halogens is 1. The summed E-state index contributed by atoms with van der Waals surface area (Å²) in [6.07, 6.45) is -0.271. The number of nitrogens with zero attached hydrogens (tertiary/aromatic N) is 2. The topological polar surface area (TPSA) is 60.9 Å². The molecule has 0 atom stereocenters. The summed E-state index contributed by atoms with van der Waals surface area (Å²) in [7, 11) is 0. The average molecular weight is 283 g/mol. The van der Waals surface area contributed by atoms with Crippen molar-refractivity contribution < 1.29 is 14.7 Å². The van der Waals surface area contributed by atoms with Crippen LogP contribution in [0.25, 0.3) is 0 Å². The quantitative estimate of drug-likeness (QED) is 0.859. The number of hydrogen-bond acceptors (Lipinski definition) is 2. The van der Waals surface area contributed by atoms with Gasteiger partial charge in [0.25, 0.3) is 5.91 Å². The highest BCUT2D eigenvalue weighted by Gasteiger charge is 2.22. The van der Waals surface area contributed by atoms with Crippen molar-refractivity contribution in [3.63, 3.8) is 0 Å². The number of benzene rings is 1. The van der Waals surface area contributed by atoms with Gasteiger partial charge in [-0.3, -0.25) is 4.79 Å². The van der Waals surface area contributed by atoms with Crippen molar-refractivity contribution in [3.05, 3.63) is 34.9 Å². The van der Waals surface area contributed by atoms with Crippen LogP contribution in [0.5, 0.6) is 0 Å². The van der Waals surface area contributed by atoms with Crippen LogP contribution in [0.15, 0.2) is 24.3 Å². The minimum atomic E-state index is -0.930. The van der Waals surface area contributed by atoms with E-state index in [0.717, 1.165) is 0 Å². The molecule has 1 aliphatic heterocycles. The molecule has 1 fully saturated rings. The van der Waals surface area contributed by atoms with Gasteiger partial charge in [0.2, 0.25) is 0 Å². The molecular formula is C13H15ClN2O3. The predicted molar refractivity (Wildman–Crippen MR) is 71.6 cm³/mol. The number of hydrogen-bond donors (Lipinski definition) is 1. The Bertz CT molecular complexity index is 475. The van der Waals surface area contributed by atoms with Gasteiger partial charge < -0.3 is 14.9 Å². The third-order valence-electron chi connectivity index (χ3n) is 3.14. The van der Waals surface area contributed by atoms with E-state index in [2.05, 4.69) is 0 Å². The van der Waals surface area contributed by atoms with Gasteiger partial charge in [-0.15, -0.1) is 0 Å². The van der Waals surface area contributed by atoms with Crippen LogP contribution < -0.4 is 0 Å². The smallest absolute Gasteiger partial charge is 0.407 e. The summed E-state index contributed by atoms with van der Waals surface area (Å²) in [6.45, 7) is 1.83. The Hall–Kier alpha value is -1.75. The van der Waals surface area contributed by atoms with Crippen molar-refractivity contribution in [3.8, 4) is 0 Å². The largest absolute Gasteiger partial charge is 0.465 e. The van der Waals surface area contributed by atoms with Crippen LogP contribution in [0, 0.1) is 0 Å². The van der Waals surface area contributed by atoms with Crippen LogP contribution in [0.3, 0.4) is 0 Å². The second-order valence-corrected chi connectivity index (χ2v) is 4.86. The molecule has 6 heteroatoms. The van der Waals surface area contributed by atoms with E-state index in [1.165, 1.54) is 4.90 Å². The fourth-order valence-corrected chi connectivity index (χ4v) is 2.21. The first-order valence-electron chi connectivity index (χ1n) is 6.10. The zero-order valence-electron chi connectivity index (χ0n) is 10.4. The van der Waals surface area contributed by atoms with Crippen molar-refractivity contribution in [1.29, 1.82) is 0 Å². The first kappa shape index (κ1) is 13.7. The van der Waals surface area contributed by atoms with Crippen LogP contribution in [0.2, 0.25) is 5.02 Å². The highest BCUT2D eigenvalue weighted by molar-refractivity contribution is 6.30. The molecule has 1 aromatic carbocycles.